The van der Waals surface area contributed by atoms with E-state index in [2.05, 4.69) is 14.2 Å². The molecule has 0 aliphatic carbocycles. The number of aliphatic carboxylic acids is 1. The minimum absolute atomic E-state index is 0.781. The summed E-state index contributed by atoms with van der Waals surface area (Å²) in [6.45, 7) is 0. The lowest BCUT2D eigenvalue weighted by atomic mass is 10.2. The van der Waals surface area contributed by atoms with E-state index in [4.69, 9.17) is 5.11 Å². The molecule has 0 saturated carbocycles. The molecule has 0 radical (unpaired) electrons. The first-order chi connectivity index (χ1) is 6.08. The van der Waals surface area contributed by atoms with Crippen LogP contribution in [0.2, 0.25) is 0 Å². The highest BCUT2D eigenvalue weighted by atomic mass is 16.6. The fraction of sp³-hybridized carbons (Fsp3) is 0.714. The van der Waals surface area contributed by atoms with Crippen LogP contribution in [0.3, 0.4) is 0 Å². The van der Waals surface area contributed by atoms with Crippen LogP contribution < -0.4 is 0 Å². The second kappa shape index (κ2) is 5.50. The average Bonchev–Trinajstić information content (AvgIpc) is 2.12. The molecule has 0 bridgehead atoms. The zero-order valence-electron chi connectivity index (χ0n) is 7.64. The Hall–Kier alpha value is -1.14. The Morgan fingerprint density at radius 3 is 1.77 bits per heavy atom. The minimum Gasteiger partial charge on any atom is -0.479 e. The lowest BCUT2D eigenvalue weighted by Crippen LogP contribution is -2.43. The molecule has 0 amide bonds. The molecule has 0 aromatic heterocycles. The van der Waals surface area contributed by atoms with Crippen molar-refractivity contribution in [2.24, 2.45) is 0 Å². The van der Waals surface area contributed by atoms with Crippen LogP contribution in [-0.2, 0) is 23.8 Å². The van der Waals surface area contributed by atoms with Gasteiger partial charge in [0.25, 0.3) is 0 Å². The quantitative estimate of drug-likeness (QED) is 0.578. The number of esters is 1. The van der Waals surface area contributed by atoms with Crippen LogP contribution in [0.25, 0.3) is 0 Å². The predicted molar refractivity (Wildman–Crippen MR) is 41.2 cm³/mol. The lowest BCUT2D eigenvalue weighted by Gasteiger charge is -2.18. The van der Waals surface area contributed by atoms with Gasteiger partial charge < -0.3 is 19.3 Å². The van der Waals surface area contributed by atoms with E-state index in [1.165, 1.54) is 14.2 Å². The van der Waals surface area contributed by atoms with Crippen LogP contribution in [0, 0.1) is 0 Å². The molecule has 0 fully saturated rings. The van der Waals surface area contributed by atoms with Crippen LogP contribution in [0.1, 0.15) is 0 Å². The van der Waals surface area contributed by atoms with Crippen molar-refractivity contribution in [1.29, 1.82) is 0 Å². The van der Waals surface area contributed by atoms with Gasteiger partial charge in [-0.2, -0.15) is 0 Å². The Bertz CT molecular complexity index is 189. The third-order valence-corrected chi connectivity index (χ3v) is 1.46. The number of ether oxygens (including phenoxy) is 3. The van der Waals surface area contributed by atoms with Crippen LogP contribution >= 0.6 is 0 Å². The minimum atomic E-state index is -1.35. The number of carboxylic acids is 1. The third-order valence-electron chi connectivity index (χ3n) is 1.46. The van der Waals surface area contributed by atoms with E-state index in [1.807, 2.05) is 0 Å². The van der Waals surface area contributed by atoms with Crippen molar-refractivity contribution in [3.63, 3.8) is 0 Å². The number of carboxylic acid groups (broad SMARTS) is 1. The fourth-order valence-corrected chi connectivity index (χ4v) is 0.813. The highest BCUT2D eigenvalue weighted by Gasteiger charge is 2.34. The molecule has 13 heavy (non-hydrogen) atoms. The zero-order chi connectivity index (χ0) is 10.4. The number of carbonyl (C=O) groups excluding carboxylic acids is 1. The van der Waals surface area contributed by atoms with Gasteiger partial charge in [0.1, 0.15) is 0 Å². The van der Waals surface area contributed by atoms with E-state index < -0.39 is 24.1 Å². The second-order valence-corrected chi connectivity index (χ2v) is 2.17. The van der Waals surface area contributed by atoms with Gasteiger partial charge >= 0.3 is 11.9 Å². The van der Waals surface area contributed by atoms with E-state index >= 15 is 0 Å². The molecule has 0 aliphatic rings. The van der Waals surface area contributed by atoms with Crippen molar-refractivity contribution in [2.75, 3.05) is 21.3 Å². The van der Waals surface area contributed by atoms with Gasteiger partial charge in [-0.05, 0) is 0 Å². The summed E-state index contributed by atoms with van der Waals surface area (Å²) in [5.74, 6) is -2.06. The van der Waals surface area contributed by atoms with Crippen molar-refractivity contribution >= 4 is 11.9 Å². The molecule has 1 N–H and O–H groups in total. The summed E-state index contributed by atoms with van der Waals surface area (Å²) in [5.41, 5.74) is 0. The molecule has 0 aromatic rings. The van der Waals surface area contributed by atoms with E-state index in [1.54, 1.807) is 0 Å². The maximum absolute atomic E-state index is 11.0. The number of hydrogen-bond donors (Lipinski definition) is 1. The van der Waals surface area contributed by atoms with Crippen LogP contribution in [-0.4, -0.2) is 50.6 Å². The monoisotopic (exact) mass is 192 g/mol. The van der Waals surface area contributed by atoms with Crippen molar-refractivity contribution in [3.05, 3.63) is 0 Å². The Morgan fingerprint density at radius 1 is 1.08 bits per heavy atom. The molecule has 0 spiro atoms. The van der Waals surface area contributed by atoms with Gasteiger partial charge in [0, 0.05) is 14.2 Å². The molecule has 0 heterocycles. The molecule has 0 aromatic carbocycles. The standard InChI is InChI=1S/C7H12O6/c1-11-4(6(8)9)5(12-2)7(10)13-3/h4-5H,1-3H3,(H,8,9)/t4-,5-/m1/s1. The number of carbonyl (C=O) groups is 2. The topological polar surface area (TPSA) is 82.1 Å². The SMILES string of the molecule is COC(=O)[C@H](OC)[C@@H](OC)C(=O)O. The zero-order valence-corrected chi connectivity index (χ0v) is 7.64. The van der Waals surface area contributed by atoms with E-state index in [0.29, 0.717) is 0 Å². The molecule has 0 rings (SSSR count). The van der Waals surface area contributed by atoms with Crippen molar-refractivity contribution in [2.45, 2.75) is 12.2 Å². The van der Waals surface area contributed by atoms with E-state index in [0.717, 1.165) is 7.11 Å². The Morgan fingerprint density at radius 2 is 1.54 bits per heavy atom. The molecular formula is C7H12O6. The van der Waals surface area contributed by atoms with Gasteiger partial charge in [-0.25, -0.2) is 9.59 Å². The normalized spacial score (nSPS) is 14.7. The Kier molecular flexibility index (Phi) is 5.01. The molecule has 6 nitrogen and oxygen atoms in total. The van der Waals surface area contributed by atoms with Crippen LogP contribution in [0.5, 0.6) is 0 Å². The highest BCUT2D eigenvalue weighted by molar-refractivity contribution is 5.84. The van der Waals surface area contributed by atoms with E-state index in [-0.39, 0.29) is 0 Å². The predicted octanol–water partition coefficient (Wildman–Crippen LogP) is -0.726. The Balaban J connectivity index is 4.52. The first-order valence-corrected chi connectivity index (χ1v) is 3.44. The molecule has 0 aliphatic heterocycles. The summed E-state index contributed by atoms with van der Waals surface area (Å²) in [6.07, 6.45) is -2.59. The van der Waals surface area contributed by atoms with Gasteiger partial charge in [0.15, 0.2) is 12.2 Å². The summed E-state index contributed by atoms with van der Waals surface area (Å²) in [4.78, 5) is 21.5. The molecule has 6 heteroatoms. The van der Waals surface area contributed by atoms with Crippen molar-refractivity contribution in [3.8, 4) is 0 Å². The first kappa shape index (κ1) is 11.9. The maximum Gasteiger partial charge on any atom is 0.338 e. The van der Waals surface area contributed by atoms with Gasteiger partial charge in [0.05, 0.1) is 7.11 Å². The highest BCUT2D eigenvalue weighted by Crippen LogP contribution is 2.04. The summed E-state index contributed by atoms with van der Waals surface area (Å²) in [7, 11) is 3.52. The van der Waals surface area contributed by atoms with Crippen LogP contribution in [0.15, 0.2) is 0 Å². The summed E-state index contributed by atoms with van der Waals surface area (Å²) < 4.78 is 13.5. The smallest absolute Gasteiger partial charge is 0.338 e. The van der Waals surface area contributed by atoms with Gasteiger partial charge in [-0.3, -0.25) is 0 Å². The molecular weight excluding hydrogens is 180 g/mol. The first-order valence-electron chi connectivity index (χ1n) is 3.44. The lowest BCUT2D eigenvalue weighted by molar-refractivity contribution is -0.173. The maximum atomic E-state index is 11.0. The molecule has 76 valence electrons. The van der Waals surface area contributed by atoms with E-state index in [9.17, 15) is 9.59 Å². The fourth-order valence-electron chi connectivity index (χ4n) is 0.813. The average molecular weight is 192 g/mol. The second-order valence-electron chi connectivity index (χ2n) is 2.17. The van der Waals surface area contributed by atoms with Crippen molar-refractivity contribution < 1.29 is 28.9 Å². The molecule has 0 saturated heterocycles. The van der Waals surface area contributed by atoms with Crippen molar-refractivity contribution in [1.82, 2.24) is 0 Å². The molecule has 0 unspecified atom stereocenters. The van der Waals surface area contributed by atoms with Crippen LogP contribution in [0.4, 0.5) is 0 Å². The van der Waals surface area contributed by atoms with Gasteiger partial charge in [-0.15, -0.1) is 0 Å². The number of methoxy groups -OCH3 is 3. The van der Waals surface area contributed by atoms with Gasteiger partial charge in [0.2, 0.25) is 0 Å². The summed E-state index contributed by atoms with van der Waals surface area (Å²) in [5, 5.41) is 8.61. The number of hydrogen-bond acceptors (Lipinski definition) is 5. The third kappa shape index (κ3) is 3.00. The largest absolute Gasteiger partial charge is 0.479 e. The summed E-state index contributed by atoms with van der Waals surface area (Å²) >= 11 is 0. The number of rotatable bonds is 5. The summed E-state index contributed by atoms with van der Waals surface area (Å²) in [6, 6.07) is 0. The van der Waals surface area contributed by atoms with Gasteiger partial charge in [-0.1, -0.05) is 0 Å². The Labute approximate surface area is 75.4 Å². The molecule has 2 atom stereocenters.